The summed E-state index contributed by atoms with van der Waals surface area (Å²) in [6.45, 7) is 0. The van der Waals surface area contributed by atoms with Crippen molar-refractivity contribution in [2.24, 2.45) is 0 Å². The van der Waals surface area contributed by atoms with Crippen LogP contribution in [0.25, 0.3) is 0 Å². The molecule has 0 aliphatic carbocycles. The zero-order valence-corrected chi connectivity index (χ0v) is 7.23. The Morgan fingerprint density at radius 3 is 2.00 bits per heavy atom. The summed E-state index contributed by atoms with van der Waals surface area (Å²) in [5.41, 5.74) is -0.0810. The predicted molar refractivity (Wildman–Crippen MR) is 47.7 cm³/mol. The number of carbonyl (C=O) groups is 1. The summed E-state index contributed by atoms with van der Waals surface area (Å²) >= 11 is 0. The standard InChI is InChI=1S/C7H12O5.Na.H/c1-10-6(9)5(4-8)7(11-2)12-3;;/h4,7-8H,1-3H3;;. The molecule has 0 aromatic rings. The Hall–Kier alpha value is -0.0700. The molecule has 0 aromatic carbocycles. The van der Waals surface area contributed by atoms with Gasteiger partial charge in [-0.25, -0.2) is 4.79 Å². The third-order valence-corrected chi connectivity index (χ3v) is 1.24. The molecule has 0 fully saturated rings. The van der Waals surface area contributed by atoms with Crippen LogP contribution in [0.1, 0.15) is 0 Å². The first kappa shape index (κ1) is 15.4. The minimum atomic E-state index is -0.901. The zero-order valence-electron chi connectivity index (χ0n) is 7.23. The van der Waals surface area contributed by atoms with Crippen LogP contribution >= 0.6 is 0 Å². The molecule has 0 unspecified atom stereocenters. The average molecular weight is 200 g/mol. The molecule has 0 heterocycles. The van der Waals surface area contributed by atoms with Gasteiger partial charge in [0.2, 0.25) is 0 Å². The van der Waals surface area contributed by atoms with E-state index >= 15 is 0 Å². The van der Waals surface area contributed by atoms with Crippen molar-refractivity contribution in [3.63, 3.8) is 0 Å². The Kier molecular flexibility index (Phi) is 10.1. The van der Waals surface area contributed by atoms with E-state index in [0.29, 0.717) is 6.26 Å². The van der Waals surface area contributed by atoms with Crippen molar-refractivity contribution >= 4 is 35.5 Å². The molecule has 0 spiro atoms. The van der Waals surface area contributed by atoms with Crippen LogP contribution in [0.5, 0.6) is 0 Å². The number of hydrogen-bond donors (Lipinski definition) is 1. The molecule has 0 radical (unpaired) electrons. The van der Waals surface area contributed by atoms with Gasteiger partial charge < -0.3 is 19.3 Å². The van der Waals surface area contributed by atoms with E-state index in [1.807, 2.05) is 0 Å². The summed E-state index contributed by atoms with van der Waals surface area (Å²) in [7, 11) is 3.90. The molecule has 5 nitrogen and oxygen atoms in total. The molecule has 13 heavy (non-hydrogen) atoms. The molecule has 0 aromatic heterocycles. The molecule has 0 bridgehead atoms. The number of aliphatic hydroxyl groups excluding tert-OH is 1. The number of aliphatic hydroxyl groups is 1. The van der Waals surface area contributed by atoms with Crippen molar-refractivity contribution in [2.45, 2.75) is 6.29 Å². The first-order valence-electron chi connectivity index (χ1n) is 3.19. The quantitative estimate of drug-likeness (QED) is 0.219. The monoisotopic (exact) mass is 200 g/mol. The fraction of sp³-hybridized carbons (Fsp3) is 0.571. The molecule has 0 saturated heterocycles. The van der Waals surface area contributed by atoms with Crippen LogP contribution < -0.4 is 0 Å². The SMILES string of the molecule is COC(=O)C(=CO)C(OC)OC.[NaH]. The molecule has 0 atom stereocenters. The van der Waals surface area contributed by atoms with E-state index in [1.165, 1.54) is 21.3 Å². The molecule has 0 saturated carbocycles. The molecule has 1 N–H and O–H groups in total. The normalized spacial score (nSPS) is 10.9. The van der Waals surface area contributed by atoms with Gasteiger partial charge in [-0.2, -0.15) is 0 Å². The maximum atomic E-state index is 10.9. The van der Waals surface area contributed by atoms with Gasteiger partial charge in [0.1, 0.15) is 5.57 Å². The average Bonchev–Trinajstić information content (AvgIpc) is 2.12. The van der Waals surface area contributed by atoms with Crippen LogP contribution in [0.3, 0.4) is 0 Å². The fourth-order valence-electron chi connectivity index (χ4n) is 0.678. The van der Waals surface area contributed by atoms with Gasteiger partial charge in [-0.15, -0.1) is 0 Å². The molecular formula is C7H13NaO5. The van der Waals surface area contributed by atoms with Crippen LogP contribution in [-0.4, -0.2) is 68.3 Å². The van der Waals surface area contributed by atoms with Crippen molar-refractivity contribution in [2.75, 3.05) is 21.3 Å². The van der Waals surface area contributed by atoms with Crippen LogP contribution in [0.4, 0.5) is 0 Å². The maximum absolute atomic E-state index is 10.9. The topological polar surface area (TPSA) is 65.0 Å². The molecule has 72 valence electrons. The van der Waals surface area contributed by atoms with E-state index in [1.54, 1.807) is 0 Å². The van der Waals surface area contributed by atoms with Gasteiger partial charge in [0, 0.05) is 14.2 Å². The summed E-state index contributed by atoms with van der Waals surface area (Å²) < 4.78 is 13.8. The summed E-state index contributed by atoms with van der Waals surface area (Å²) in [4.78, 5) is 10.9. The fourth-order valence-corrected chi connectivity index (χ4v) is 0.678. The summed E-state index contributed by atoms with van der Waals surface area (Å²) in [6, 6.07) is 0. The minimum absolute atomic E-state index is 0. The Morgan fingerprint density at radius 1 is 1.31 bits per heavy atom. The Labute approximate surface area is 98.9 Å². The van der Waals surface area contributed by atoms with Gasteiger partial charge in [-0.3, -0.25) is 0 Å². The van der Waals surface area contributed by atoms with Gasteiger partial charge >= 0.3 is 35.5 Å². The third-order valence-electron chi connectivity index (χ3n) is 1.24. The second-order valence-electron chi connectivity index (χ2n) is 1.88. The molecule has 0 rings (SSSR count). The second-order valence-corrected chi connectivity index (χ2v) is 1.88. The number of ether oxygens (including phenoxy) is 3. The van der Waals surface area contributed by atoms with Crippen LogP contribution in [0.2, 0.25) is 0 Å². The van der Waals surface area contributed by atoms with Crippen molar-refractivity contribution < 1.29 is 24.1 Å². The number of carbonyl (C=O) groups excluding carboxylic acids is 1. The van der Waals surface area contributed by atoms with Gasteiger partial charge in [0.15, 0.2) is 6.29 Å². The van der Waals surface area contributed by atoms with Crippen LogP contribution in [-0.2, 0) is 19.0 Å². The number of rotatable bonds is 4. The number of hydrogen-bond acceptors (Lipinski definition) is 5. The van der Waals surface area contributed by atoms with E-state index in [9.17, 15) is 4.79 Å². The van der Waals surface area contributed by atoms with Gasteiger partial charge in [0.25, 0.3) is 0 Å². The van der Waals surface area contributed by atoms with Crippen molar-refractivity contribution in [1.82, 2.24) is 0 Å². The second kappa shape index (κ2) is 8.52. The molecule has 0 aliphatic heterocycles. The van der Waals surface area contributed by atoms with E-state index in [0.717, 1.165) is 0 Å². The zero-order chi connectivity index (χ0) is 9.56. The number of methoxy groups -OCH3 is 3. The molecule has 6 heteroatoms. The van der Waals surface area contributed by atoms with E-state index in [-0.39, 0.29) is 35.1 Å². The first-order chi connectivity index (χ1) is 5.71. The van der Waals surface area contributed by atoms with Gasteiger partial charge in [-0.1, -0.05) is 0 Å². The first-order valence-corrected chi connectivity index (χ1v) is 3.19. The van der Waals surface area contributed by atoms with E-state index < -0.39 is 12.3 Å². The molecule has 0 amide bonds. The van der Waals surface area contributed by atoms with Crippen LogP contribution in [0, 0.1) is 0 Å². The summed E-state index contributed by atoms with van der Waals surface area (Å²) in [5, 5.41) is 8.64. The van der Waals surface area contributed by atoms with Gasteiger partial charge in [0.05, 0.1) is 13.4 Å². The Bertz CT molecular complexity index is 176. The third kappa shape index (κ3) is 4.64. The number of esters is 1. The van der Waals surface area contributed by atoms with E-state index in [4.69, 9.17) is 14.6 Å². The molecule has 0 aliphatic rings. The van der Waals surface area contributed by atoms with E-state index in [2.05, 4.69) is 4.74 Å². The van der Waals surface area contributed by atoms with Crippen LogP contribution in [0.15, 0.2) is 11.8 Å². The predicted octanol–water partition coefficient (Wildman–Crippen LogP) is -0.428. The summed E-state index contributed by atoms with van der Waals surface area (Å²) in [6.07, 6.45) is -0.300. The van der Waals surface area contributed by atoms with Gasteiger partial charge in [-0.05, 0) is 0 Å². The van der Waals surface area contributed by atoms with Crippen molar-refractivity contribution in [3.05, 3.63) is 11.8 Å². The molecular weight excluding hydrogens is 187 g/mol. The summed E-state index contributed by atoms with van der Waals surface area (Å²) in [5.74, 6) is -0.689. The van der Waals surface area contributed by atoms with Crippen molar-refractivity contribution in [3.8, 4) is 0 Å². The Morgan fingerprint density at radius 2 is 1.77 bits per heavy atom. The van der Waals surface area contributed by atoms with Crippen molar-refractivity contribution in [1.29, 1.82) is 0 Å². The Balaban J connectivity index is 0.